The van der Waals surface area contributed by atoms with Gasteiger partial charge in [0.25, 0.3) is 0 Å². The maximum atomic E-state index is 9.91. The van der Waals surface area contributed by atoms with E-state index in [1.54, 1.807) is 14.0 Å². The molecule has 5 nitrogen and oxygen atoms in total. The van der Waals surface area contributed by atoms with Crippen molar-refractivity contribution in [1.29, 1.82) is 0 Å². The summed E-state index contributed by atoms with van der Waals surface area (Å²) in [5.74, 6) is -0.694. The highest BCUT2D eigenvalue weighted by molar-refractivity contribution is 4.94. The van der Waals surface area contributed by atoms with Crippen molar-refractivity contribution in [3.63, 3.8) is 0 Å². The Bertz CT molecular complexity index is 234. The van der Waals surface area contributed by atoms with Crippen LogP contribution >= 0.6 is 0 Å². The third-order valence-electron chi connectivity index (χ3n) is 2.83. The molecule has 2 aliphatic heterocycles. The summed E-state index contributed by atoms with van der Waals surface area (Å²) in [5.41, 5.74) is 0. The molecule has 2 saturated heterocycles. The summed E-state index contributed by atoms with van der Waals surface area (Å²) >= 11 is 0. The lowest BCUT2D eigenvalue weighted by Gasteiger charge is -2.37. The molecule has 0 amide bonds. The standard InChI is InChI=1S/C10H18O5/c1-5-6(11)7-8(9(12-4)13-5)15-10(2,3)14-7/h5-9,11H,1-4H3/t5-,6+,7-,8-,9-/m0/s1. The summed E-state index contributed by atoms with van der Waals surface area (Å²) in [5, 5.41) is 9.91. The van der Waals surface area contributed by atoms with Gasteiger partial charge in [-0.1, -0.05) is 0 Å². The minimum atomic E-state index is -0.694. The van der Waals surface area contributed by atoms with E-state index in [2.05, 4.69) is 0 Å². The highest BCUT2D eigenvalue weighted by Gasteiger charge is 2.54. The molecule has 5 heteroatoms. The van der Waals surface area contributed by atoms with Gasteiger partial charge in [-0.15, -0.1) is 0 Å². The molecule has 15 heavy (non-hydrogen) atoms. The van der Waals surface area contributed by atoms with Crippen LogP contribution < -0.4 is 0 Å². The van der Waals surface area contributed by atoms with Gasteiger partial charge in [0.05, 0.1) is 6.10 Å². The molecule has 88 valence electrons. The first-order chi connectivity index (χ1) is 6.94. The topological polar surface area (TPSA) is 57.2 Å². The zero-order valence-corrected chi connectivity index (χ0v) is 9.47. The third-order valence-corrected chi connectivity index (χ3v) is 2.83. The van der Waals surface area contributed by atoms with E-state index in [1.165, 1.54) is 0 Å². The fourth-order valence-corrected chi connectivity index (χ4v) is 2.12. The number of aliphatic hydroxyl groups is 1. The molecular formula is C10H18O5. The SMILES string of the molecule is CO[C@H]1O[C@@H](C)[C@@H](O)[C@@H]2OC(C)(C)O[C@H]12. The van der Waals surface area contributed by atoms with Gasteiger partial charge in [-0.2, -0.15) is 0 Å². The lowest BCUT2D eigenvalue weighted by atomic mass is 10.0. The monoisotopic (exact) mass is 218 g/mol. The Labute approximate surface area is 89.3 Å². The summed E-state index contributed by atoms with van der Waals surface area (Å²) < 4.78 is 21.9. The Morgan fingerprint density at radius 2 is 1.80 bits per heavy atom. The van der Waals surface area contributed by atoms with Crippen molar-refractivity contribution in [3.05, 3.63) is 0 Å². The van der Waals surface area contributed by atoms with Crippen LogP contribution in [0.25, 0.3) is 0 Å². The molecule has 2 aliphatic rings. The fourth-order valence-electron chi connectivity index (χ4n) is 2.12. The lowest BCUT2D eigenvalue weighted by Crippen LogP contribution is -2.55. The van der Waals surface area contributed by atoms with Crippen molar-refractivity contribution in [3.8, 4) is 0 Å². The van der Waals surface area contributed by atoms with E-state index in [9.17, 15) is 5.11 Å². The number of fused-ring (bicyclic) bond motifs is 1. The Hall–Kier alpha value is -0.200. The van der Waals surface area contributed by atoms with Crippen LogP contribution in [0.1, 0.15) is 20.8 Å². The summed E-state index contributed by atoms with van der Waals surface area (Å²) in [6, 6.07) is 0. The predicted molar refractivity (Wildman–Crippen MR) is 51.2 cm³/mol. The smallest absolute Gasteiger partial charge is 0.186 e. The maximum Gasteiger partial charge on any atom is 0.186 e. The number of aliphatic hydroxyl groups excluding tert-OH is 1. The van der Waals surface area contributed by atoms with Crippen molar-refractivity contribution in [2.75, 3.05) is 7.11 Å². The second-order valence-corrected chi connectivity index (χ2v) is 4.50. The largest absolute Gasteiger partial charge is 0.388 e. The average molecular weight is 218 g/mol. The summed E-state index contributed by atoms with van der Waals surface area (Å²) in [6.45, 7) is 5.42. The summed E-state index contributed by atoms with van der Waals surface area (Å²) in [4.78, 5) is 0. The van der Waals surface area contributed by atoms with Gasteiger partial charge in [-0.25, -0.2) is 0 Å². The Morgan fingerprint density at radius 3 is 2.40 bits per heavy atom. The number of methoxy groups -OCH3 is 1. The minimum absolute atomic E-state index is 0.311. The Kier molecular flexibility index (Phi) is 2.77. The van der Waals surface area contributed by atoms with Gasteiger partial charge < -0.3 is 24.1 Å². The summed E-state index contributed by atoms with van der Waals surface area (Å²) in [7, 11) is 1.56. The highest BCUT2D eigenvalue weighted by atomic mass is 16.8. The van der Waals surface area contributed by atoms with Crippen molar-refractivity contribution in [2.24, 2.45) is 0 Å². The quantitative estimate of drug-likeness (QED) is 0.684. The van der Waals surface area contributed by atoms with Gasteiger partial charge in [0.15, 0.2) is 12.1 Å². The molecule has 2 fully saturated rings. The van der Waals surface area contributed by atoms with E-state index >= 15 is 0 Å². The van der Waals surface area contributed by atoms with Crippen molar-refractivity contribution in [2.45, 2.75) is 57.3 Å². The van der Waals surface area contributed by atoms with Gasteiger partial charge in [0.1, 0.15) is 18.3 Å². The number of hydrogen-bond acceptors (Lipinski definition) is 5. The molecule has 0 spiro atoms. The molecule has 0 aliphatic carbocycles. The molecule has 2 rings (SSSR count). The van der Waals surface area contributed by atoms with Crippen molar-refractivity contribution in [1.82, 2.24) is 0 Å². The third kappa shape index (κ3) is 1.90. The van der Waals surface area contributed by atoms with Crippen LogP contribution in [0.4, 0.5) is 0 Å². The Balaban J connectivity index is 2.18. The fraction of sp³-hybridized carbons (Fsp3) is 1.00. The molecule has 0 aromatic rings. The van der Waals surface area contributed by atoms with E-state index in [-0.39, 0.29) is 18.3 Å². The number of ether oxygens (including phenoxy) is 4. The van der Waals surface area contributed by atoms with Crippen LogP contribution in [0, 0.1) is 0 Å². The normalized spacial score (nSPS) is 49.0. The van der Waals surface area contributed by atoms with E-state index in [4.69, 9.17) is 18.9 Å². The van der Waals surface area contributed by atoms with Crippen molar-refractivity contribution < 1.29 is 24.1 Å². The molecule has 0 saturated carbocycles. The molecule has 5 atom stereocenters. The zero-order chi connectivity index (χ0) is 11.2. The van der Waals surface area contributed by atoms with Crippen LogP contribution in [0.3, 0.4) is 0 Å². The Morgan fingerprint density at radius 1 is 1.20 bits per heavy atom. The first-order valence-corrected chi connectivity index (χ1v) is 5.16. The van der Waals surface area contributed by atoms with E-state index in [0.29, 0.717) is 0 Å². The van der Waals surface area contributed by atoms with Crippen LogP contribution in [0.5, 0.6) is 0 Å². The van der Waals surface area contributed by atoms with Crippen LogP contribution in [0.2, 0.25) is 0 Å². The van der Waals surface area contributed by atoms with Crippen LogP contribution in [0.15, 0.2) is 0 Å². The highest BCUT2D eigenvalue weighted by Crippen LogP contribution is 2.37. The predicted octanol–water partition coefficient (Wildman–Crippen LogP) is 0.259. The molecular weight excluding hydrogens is 200 g/mol. The van der Waals surface area contributed by atoms with E-state index in [1.807, 2.05) is 13.8 Å². The summed E-state index contributed by atoms with van der Waals surface area (Å²) in [6.07, 6.45) is -2.21. The van der Waals surface area contributed by atoms with Gasteiger partial charge >= 0.3 is 0 Å². The average Bonchev–Trinajstić information content (AvgIpc) is 2.48. The zero-order valence-electron chi connectivity index (χ0n) is 9.47. The van der Waals surface area contributed by atoms with Gasteiger partial charge in [0, 0.05) is 7.11 Å². The molecule has 1 N–H and O–H groups in total. The van der Waals surface area contributed by atoms with Crippen LogP contribution in [-0.4, -0.2) is 48.7 Å². The molecule has 0 aromatic heterocycles. The molecule has 0 radical (unpaired) electrons. The van der Waals surface area contributed by atoms with E-state index in [0.717, 1.165) is 0 Å². The van der Waals surface area contributed by atoms with E-state index < -0.39 is 18.2 Å². The molecule has 0 bridgehead atoms. The molecule has 0 unspecified atom stereocenters. The number of hydrogen-bond donors (Lipinski definition) is 1. The molecule has 2 heterocycles. The first kappa shape index (κ1) is 11.3. The van der Waals surface area contributed by atoms with Gasteiger partial charge in [-0.3, -0.25) is 0 Å². The number of rotatable bonds is 1. The lowest BCUT2D eigenvalue weighted by molar-refractivity contribution is -0.262. The minimum Gasteiger partial charge on any atom is -0.388 e. The first-order valence-electron chi connectivity index (χ1n) is 5.16. The van der Waals surface area contributed by atoms with Gasteiger partial charge in [-0.05, 0) is 20.8 Å². The van der Waals surface area contributed by atoms with Crippen LogP contribution in [-0.2, 0) is 18.9 Å². The van der Waals surface area contributed by atoms with Crippen molar-refractivity contribution >= 4 is 0 Å². The second kappa shape index (κ2) is 3.68. The molecule has 0 aromatic carbocycles. The maximum absolute atomic E-state index is 9.91. The van der Waals surface area contributed by atoms with Gasteiger partial charge in [0.2, 0.25) is 0 Å². The second-order valence-electron chi connectivity index (χ2n) is 4.50.